The van der Waals surface area contributed by atoms with Crippen LogP contribution in [-0.4, -0.2) is 29.6 Å². The summed E-state index contributed by atoms with van der Waals surface area (Å²) in [5.41, 5.74) is 2.26. The third kappa shape index (κ3) is 3.00. The van der Waals surface area contributed by atoms with Crippen LogP contribution in [0.5, 0.6) is 0 Å². The third-order valence-corrected chi connectivity index (χ3v) is 8.70. The molecule has 8 heteroatoms. The fourth-order valence-electron chi connectivity index (χ4n) is 5.29. The first-order valence-corrected chi connectivity index (χ1v) is 14.6. The average molecular weight is 463 g/mol. The van der Waals surface area contributed by atoms with Crippen LogP contribution in [0.25, 0.3) is 22.3 Å². The lowest BCUT2D eigenvalue weighted by molar-refractivity contribution is -0.188. The second-order valence-electron chi connectivity index (χ2n) is 9.74. The molecule has 0 aliphatic carbocycles. The summed E-state index contributed by atoms with van der Waals surface area (Å²) in [6.07, 6.45) is 0.166. The lowest BCUT2D eigenvalue weighted by Crippen LogP contribution is -2.47. The molecule has 0 amide bonds. The molecule has 2 aliphatic heterocycles. The van der Waals surface area contributed by atoms with Crippen LogP contribution >= 0.6 is 0 Å². The number of esters is 2. The van der Waals surface area contributed by atoms with Gasteiger partial charge in [0.05, 0.1) is 37.1 Å². The van der Waals surface area contributed by atoms with Gasteiger partial charge in [0, 0.05) is 12.5 Å². The molecule has 170 valence electrons. The minimum atomic E-state index is -1.81. The van der Waals surface area contributed by atoms with Crippen molar-refractivity contribution in [3.63, 3.8) is 0 Å². The van der Waals surface area contributed by atoms with E-state index in [0.717, 1.165) is 22.2 Å². The smallest absolute Gasteiger partial charge is 0.355 e. The van der Waals surface area contributed by atoms with E-state index < -0.39 is 25.6 Å². The lowest BCUT2D eigenvalue weighted by atomic mass is 9.85. The van der Waals surface area contributed by atoms with Crippen LogP contribution in [-0.2, 0) is 37.8 Å². The molecule has 0 saturated carbocycles. The van der Waals surface area contributed by atoms with Crippen LogP contribution in [0.3, 0.4) is 0 Å². The Morgan fingerprint density at radius 3 is 2.61 bits per heavy atom. The van der Waals surface area contributed by atoms with Crippen LogP contribution < -0.4 is 10.7 Å². The van der Waals surface area contributed by atoms with E-state index in [0.29, 0.717) is 23.4 Å². The highest BCUT2D eigenvalue weighted by molar-refractivity contribution is 6.90. The van der Waals surface area contributed by atoms with Gasteiger partial charge >= 0.3 is 11.9 Å². The first-order chi connectivity index (χ1) is 15.6. The Hall–Kier alpha value is -3.26. The molecule has 3 aromatic rings. The number of ether oxygens (including phenoxy) is 2. The van der Waals surface area contributed by atoms with E-state index >= 15 is 0 Å². The number of benzene rings is 1. The number of fused-ring (bicyclic) bond motifs is 5. The van der Waals surface area contributed by atoms with Gasteiger partial charge in [-0.25, -0.2) is 9.78 Å². The van der Waals surface area contributed by atoms with Crippen molar-refractivity contribution in [2.75, 3.05) is 0 Å². The molecule has 4 heterocycles. The Bertz CT molecular complexity index is 1420. The van der Waals surface area contributed by atoms with Gasteiger partial charge in [-0.1, -0.05) is 44.8 Å². The van der Waals surface area contributed by atoms with E-state index in [4.69, 9.17) is 14.5 Å². The van der Waals surface area contributed by atoms with Crippen LogP contribution in [0.2, 0.25) is 19.6 Å². The van der Waals surface area contributed by atoms with E-state index in [2.05, 4.69) is 25.7 Å². The van der Waals surface area contributed by atoms with Gasteiger partial charge in [0.1, 0.15) is 6.61 Å². The summed E-state index contributed by atoms with van der Waals surface area (Å²) in [5, 5.41) is 2.42. The number of para-hydroxylation sites is 1. The van der Waals surface area contributed by atoms with Crippen LogP contribution in [0.15, 0.2) is 35.1 Å². The molecule has 0 saturated heterocycles. The normalized spacial score (nSPS) is 19.0. The van der Waals surface area contributed by atoms with E-state index in [9.17, 15) is 14.4 Å². The Morgan fingerprint density at radius 2 is 1.94 bits per heavy atom. The molecular formula is C25H26N2O5Si. The molecule has 0 fully saturated rings. The molecular weight excluding hydrogens is 436 g/mol. The van der Waals surface area contributed by atoms with Crippen molar-refractivity contribution < 1.29 is 19.1 Å². The number of hydrogen-bond acceptors (Lipinski definition) is 6. The first kappa shape index (κ1) is 21.6. The van der Waals surface area contributed by atoms with Crippen LogP contribution in [0, 0.1) is 0 Å². The molecule has 7 nitrogen and oxygen atoms in total. The van der Waals surface area contributed by atoms with E-state index in [1.807, 2.05) is 24.3 Å². The zero-order valence-electron chi connectivity index (χ0n) is 19.4. The third-order valence-electron chi connectivity index (χ3n) is 6.63. The van der Waals surface area contributed by atoms with Crippen molar-refractivity contribution in [3.05, 3.63) is 57.4 Å². The van der Waals surface area contributed by atoms with Gasteiger partial charge in [0.25, 0.3) is 5.56 Å². The van der Waals surface area contributed by atoms with Gasteiger partial charge < -0.3 is 14.0 Å². The SMILES string of the molecule is CC[C@@]1(OC(C)=O)C(=O)OCc2c1cc1n(c2=O)Cc2c-1nc1ccccc1c2[Si](C)(C)C. The summed E-state index contributed by atoms with van der Waals surface area (Å²) >= 11 is 0. The van der Waals surface area contributed by atoms with Crippen LogP contribution in [0.4, 0.5) is 0 Å². The fraction of sp³-hybridized carbons (Fsp3) is 0.360. The molecule has 0 spiro atoms. The summed E-state index contributed by atoms with van der Waals surface area (Å²) in [6.45, 7) is 10.2. The molecule has 2 aromatic heterocycles. The molecule has 1 aromatic carbocycles. The largest absolute Gasteiger partial charge is 0.457 e. The number of nitrogens with zero attached hydrogens (tertiary/aromatic N) is 2. The van der Waals surface area contributed by atoms with E-state index in [1.54, 1.807) is 11.5 Å². The fourth-order valence-corrected chi connectivity index (χ4v) is 7.41. The zero-order chi connectivity index (χ0) is 23.7. The predicted octanol–water partition coefficient (Wildman–Crippen LogP) is 3.20. The van der Waals surface area contributed by atoms with Gasteiger partial charge in [-0.3, -0.25) is 9.59 Å². The van der Waals surface area contributed by atoms with E-state index in [-0.39, 0.29) is 18.6 Å². The van der Waals surface area contributed by atoms with Crippen molar-refractivity contribution in [2.45, 2.75) is 58.7 Å². The summed E-state index contributed by atoms with van der Waals surface area (Å²) < 4.78 is 12.6. The van der Waals surface area contributed by atoms with Crippen molar-refractivity contribution in [3.8, 4) is 11.4 Å². The highest BCUT2D eigenvalue weighted by atomic mass is 28.3. The highest BCUT2D eigenvalue weighted by Gasteiger charge is 2.50. The molecule has 33 heavy (non-hydrogen) atoms. The maximum Gasteiger partial charge on any atom is 0.355 e. The van der Waals surface area contributed by atoms with Crippen molar-refractivity contribution in [1.29, 1.82) is 0 Å². The standard InChI is InChI=1S/C25H26N2O5Si/c1-6-25(32-14(2)28)18-11-20-21-16(12-27(20)23(29)17(18)13-31-24(25)30)22(33(3,4)5)15-9-7-8-10-19(15)26-21/h7-11H,6,12-13H2,1-5H3/t25-/m0/s1. The minimum absolute atomic E-state index is 0.136. The van der Waals surface area contributed by atoms with Gasteiger partial charge in [-0.2, -0.15) is 0 Å². The summed E-state index contributed by atoms with van der Waals surface area (Å²) in [5.74, 6) is -1.25. The molecule has 0 N–H and O–H groups in total. The Labute approximate surface area is 192 Å². The first-order valence-electron chi connectivity index (χ1n) is 11.1. The van der Waals surface area contributed by atoms with Crippen LogP contribution in [0.1, 0.15) is 37.0 Å². The molecule has 1 atom stereocenters. The number of pyridine rings is 2. The van der Waals surface area contributed by atoms with Gasteiger partial charge in [-0.05, 0) is 34.7 Å². The predicted molar refractivity (Wildman–Crippen MR) is 127 cm³/mol. The molecule has 0 radical (unpaired) electrons. The maximum absolute atomic E-state index is 13.6. The van der Waals surface area contributed by atoms with Gasteiger partial charge in [0.15, 0.2) is 0 Å². The summed E-state index contributed by atoms with van der Waals surface area (Å²) in [6, 6.07) is 9.88. The number of carbonyl (C=O) groups excluding carboxylic acids is 2. The minimum Gasteiger partial charge on any atom is -0.457 e. The molecule has 0 unspecified atom stereocenters. The van der Waals surface area contributed by atoms with Gasteiger partial charge in [-0.15, -0.1) is 0 Å². The van der Waals surface area contributed by atoms with Gasteiger partial charge in [0.2, 0.25) is 5.60 Å². The topological polar surface area (TPSA) is 87.5 Å². The molecule has 2 aliphatic rings. The zero-order valence-corrected chi connectivity index (χ0v) is 20.4. The highest BCUT2D eigenvalue weighted by Crippen LogP contribution is 2.41. The van der Waals surface area contributed by atoms with Crippen molar-refractivity contribution in [2.24, 2.45) is 0 Å². The number of cyclic esters (lactones) is 1. The average Bonchev–Trinajstić information content (AvgIpc) is 3.11. The second-order valence-corrected chi connectivity index (χ2v) is 14.7. The summed E-state index contributed by atoms with van der Waals surface area (Å²) in [4.78, 5) is 43.4. The molecule has 5 rings (SSSR count). The quantitative estimate of drug-likeness (QED) is 0.343. The lowest BCUT2D eigenvalue weighted by Gasteiger charge is -2.35. The Kier molecular flexibility index (Phi) is 4.65. The number of aromatic nitrogens is 2. The number of carbonyl (C=O) groups is 2. The van der Waals surface area contributed by atoms with Crippen molar-refractivity contribution >= 4 is 36.1 Å². The maximum atomic E-state index is 13.6. The number of rotatable bonds is 3. The number of hydrogen-bond donors (Lipinski definition) is 0. The molecule has 0 bridgehead atoms. The second kappa shape index (κ2) is 7.12. The van der Waals surface area contributed by atoms with E-state index in [1.165, 1.54) is 12.1 Å². The monoisotopic (exact) mass is 462 g/mol. The summed E-state index contributed by atoms with van der Waals surface area (Å²) in [7, 11) is -1.81. The van der Waals surface area contributed by atoms with Crippen molar-refractivity contribution in [1.82, 2.24) is 9.55 Å². The Balaban J connectivity index is 1.85. The Morgan fingerprint density at radius 1 is 1.21 bits per heavy atom.